The zero-order chi connectivity index (χ0) is 29.0. The number of benzene rings is 4. The number of aryl methyl sites for hydroxylation is 1. The first-order valence-corrected chi connectivity index (χ1v) is 15.1. The molecule has 1 amide bonds. The third-order valence-electron chi connectivity index (χ3n) is 9.00. The lowest BCUT2D eigenvalue weighted by Crippen LogP contribution is -2.51. The van der Waals surface area contributed by atoms with E-state index < -0.39 is 23.4 Å². The maximum absolute atomic E-state index is 14.8. The lowest BCUT2D eigenvalue weighted by molar-refractivity contribution is -0.121. The Balaban J connectivity index is 1.49. The van der Waals surface area contributed by atoms with Crippen molar-refractivity contribution in [2.45, 2.75) is 37.3 Å². The quantitative estimate of drug-likeness (QED) is 0.232. The number of amides is 1. The average Bonchev–Trinajstić information content (AvgIpc) is 3.50. The van der Waals surface area contributed by atoms with Gasteiger partial charge in [-0.15, -0.1) is 0 Å². The lowest BCUT2D eigenvalue weighted by Gasteiger charge is -2.37. The second kappa shape index (κ2) is 10.2. The third kappa shape index (κ3) is 3.85. The predicted molar refractivity (Wildman–Crippen MR) is 169 cm³/mol. The van der Waals surface area contributed by atoms with E-state index in [0.717, 1.165) is 39.7 Å². The molecular formula is C36H29BrN2O3. The Hall–Kier alpha value is -4.29. The molecule has 6 heteroatoms. The predicted octanol–water partition coefficient (Wildman–Crippen LogP) is 7.26. The van der Waals surface area contributed by atoms with Crippen LogP contribution in [0.3, 0.4) is 0 Å². The molecule has 42 heavy (non-hydrogen) atoms. The molecule has 208 valence electrons. The molecule has 1 N–H and O–H groups in total. The molecule has 4 aromatic rings. The molecule has 5 nitrogen and oxygen atoms in total. The highest BCUT2D eigenvalue weighted by molar-refractivity contribution is 9.10. The summed E-state index contributed by atoms with van der Waals surface area (Å²) in [5, 5.41) is 3.08. The fraction of sp³-hybridized carbons (Fsp3) is 0.194. The van der Waals surface area contributed by atoms with E-state index in [4.69, 9.17) is 0 Å². The Morgan fingerprint density at radius 2 is 1.52 bits per heavy atom. The van der Waals surface area contributed by atoms with Gasteiger partial charge in [0, 0.05) is 27.0 Å². The summed E-state index contributed by atoms with van der Waals surface area (Å²) < 4.78 is 0.846. The van der Waals surface area contributed by atoms with E-state index in [1.807, 2.05) is 102 Å². The number of nitrogens with one attached hydrogen (secondary N) is 1. The Morgan fingerprint density at radius 1 is 0.857 bits per heavy atom. The van der Waals surface area contributed by atoms with Crippen LogP contribution in [-0.2, 0) is 16.6 Å². The van der Waals surface area contributed by atoms with Crippen LogP contribution >= 0.6 is 15.9 Å². The molecule has 3 aliphatic heterocycles. The largest absolute Gasteiger partial charge is 0.352 e. The highest BCUT2D eigenvalue weighted by atomic mass is 79.9. The number of carbonyl (C=O) groups excluding carboxylic acids is 3. The Labute approximate surface area is 253 Å². The molecule has 0 saturated carbocycles. The molecule has 3 aliphatic rings. The third-order valence-corrected chi connectivity index (χ3v) is 9.53. The van der Waals surface area contributed by atoms with Crippen molar-refractivity contribution in [2.75, 3.05) is 10.2 Å². The molecule has 1 saturated heterocycles. The average molecular weight is 618 g/mol. The number of carbonyl (C=O) groups is 3. The number of hydrogen-bond acceptors (Lipinski definition) is 4. The van der Waals surface area contributed by atoms with E-state index in [1.165, 1.54) is 0 Å². The van der Waals surface area contributed by atoms with Crippen molar-refractivity contribution in [1.82, 2.24) is 0 Å². The first-order valence-electron chi connectivity index (χ1n) is 14.3. The molecule has 7 rings (SSSR count). The molecule has 3 heterocycles. The van der Waals surface area contributed by atoms with Crippen LogP contribution in [0.2, 0.25) is 0 Å². The van der Waals surface area contributed by atoms with Crippen molar-refractivity contribution in [2.24, 2.45) is 5.92 Å². The van der Waals surface area contributed by atoms with Gasteiger partial charge in [-0.25, -0.2) is 0 Å². The summed E-state index contributed by atoms with van der Waals surface area (Å²) >= 11 is 3.47. The van der Waals surface area contributed by atoms with Crippen molar-refractivity contribution in [3.05, 3.63) is 135 Å². The second-order valence-corrected chi connectivity index (χ2v) is 12.2. The summed E-state index contributed by atoms with van der Waals surface area (Å²) in [6.07, 6.45) is 5.95. The highest BCUT2D eigenvalue weighted by Gasteiger charge is 2.70. The highest BCUT2D eigenvalue weighted by Crippen LogP contribution is 2.58. The minimum absolute atomic E-state index is 0.169. The zero-order valence-corrected chi connectivity index (χ0v) is 24.7. The molecule has 0 aromatic heterocycles. The number of Topliss-reactive ketones (excluding diaryl/α,β-unsaturated/α-hetero) is 2. The number of nitrogens with zero attached hydrogens (tertiary/aromatic N) is 1. The monoisotopic (exact) mass is 616 g/mol. The van der Waals surface area contributed by atoms with Gasteiger partial charge in [-0.3, -0.25) is 14.4 Å². The summed E-state index contributed by atoms with van der Waals surface area (Å²) in [5.74, 6) is -1.63. The number of para-hydroxylation sites is 2. The number of rotatable bonds is 6. The second-order valence-electron chi connectivity index (χ2n) is 11.2. The Bertz CT molecular complexity index is 1760. The molecule has 4 unspecified atom stereocenters. The summed E-state index contributed by atoms with van der Waals surface area (Å²) in [4.78, 5) is 46.0. The summed E-state index contributed by atoms with van der Waals surface area (Å²) in [5.41, 5.74) is 4.06. The van der Waals surface area contributed by atoms with Crippen LogP contribution in [-0.4, -0.2) is 29.6 Å². The van der Waals surface area contributed by atoms with Crippen molar-refractivity contribution in [3.63, 3.8) is 0 Å². The summed E-state index contributed by atoms with van der Waals surface area (Å²) in [7, 11) is 0. The maximum atomic E-state index is 14.8. The summed E-state index contributed by atoms with van der Waals surface area (Å²) in [6, 6.07) is 28.9. The number of hydrogen-bond donors (Lipinski definition) is 1. The van der Waals surface area contributed by atoms with Gasteiger partial charge in [-0.1, -0.05) is 114 Å². The molecule has 0 bridgehead atoms. The van der Waals surface area contributed by atoms with Gasteiger partial charge < -0.3 is 10.2 Å². The topological polar surface area (TPSA) is 66.5 Å². The van der Waals surface area contributed by atoms with E-state index in [9.17, 15) is 14.4 Å². The first-order chi connectivity index (χ1) is 20.4. The Morgan fingerprint density at radius 3 is 2.29 bits per heavy atom. The van der Waals surface area contributed by atoms with Crippen LogP contribution in [0.15, 0.2) is 108 Å². The molecule has 4 aromatic carbocycles. The first kappa shape index (κ1) is 26.6. The van der Waals surface area contributed by atoms with Crippen LogP contribution in [0.25, 0.3) is 6.08 Å². The van der Waals surface area contributed by atoms with Crippen LogP contribution < -0.4 is 10.2 Å². The van der Waals surface area contributed by atoms with Crippen molar-refractivity contribution < 1.29 is 14.4 Å². The lowest BCUT2D eigenvalue weighted by atomic mass is 9.64. The minimum atomic E-state index is -1.31. The fourth-order valence-electron chi connectivity index (χ4n) is 7.21. The normalized spacial score (nSPS) is 23.3. The number of ketones is 2. The Kier molecular flexibility index (Phi) is 6.47. The molecular weight excluding hydrogens is 588 g/mol. The van der Waals surface area contributed by atoms with Crippen molar-refractivity contribution >= 4 is 50.9 Å². The molecule has 1 spiro atoms. The number of fused-ring (bicyclic) bond motifs is 6. The van der Waals surface area contributed by atoms with Crippen LogP contribution in [0.1, 0.15) is 50.8 Å². The van der Waals surface area contributed by atoms with Crippen LogP contribution in [0, 0.1) is 5.92 Å². The van der Waals surface area contributed by atoms with E-state index in [1.54, 1.807) is 12.1 Å². The number of halogens is 1. The van der Waals surface area contributed by atoms with Crippen molar-refractivity contribution in [3.8, 4) is 0 Å². The smallest absolute Gasteiger partial charge is 0.238 e. The van der Waals surface area contributed by atoms with Crippen LogP contribution in [0.5, 0.6) is 0 Å². The van der Waals surface area contributed by atoms with Gasteiger partial charge in [0.25, 0.3) is 0 Å². The minimum Gasteiger partial charge on any atom is -0.352 e. The van der Waals surface area contributed by atoms with Gasteiger partial charge in [0.1, 0.15) is 11.5 Å². The standard InChI is InChI=1S/C36H29BrN2O3/c1-2-7-22-12-14-25(15-13-22)34(41)32-31(33(40)24-16-19-26(37)20-17-24)36(27-9-4-5-10-28(27)38-35(36)42)30-21-18-23-8-3-6-11-29(23)39(30)32/h3-6,8-21,30-32H,2,7H2,1H3,(H,38,42). The van der Waals surface area contributed by atoms with E-state index >= 15 is 0 Å². The maximum Gasteiger partial charge on any atom is 0.238 e. The summed E-state index contributed by atoms with van der Waals surface area (Å²) in [6.45, 7) is 2.13. The van der Waals surface area contributed by atoms with Gasteiger partial charge in [0.2, 0.25) is 5.91 Å². The van der Waals surface area contributed by atoms with Crippen molar-refractivity contribution in [1.29, 1.82) is 0 Å². The van der Waals surface area contributed by atoms with Gasteiger partial charge in [-0.05, 0) is 47.4 Å². The molecule has 0 radical (unpaired) electrons. The van der Waals surface area contributed by atoms with Gasteiger partial charge in [-0.2, -0.15) is 0 Å². The molecule has 1 fully saturated rings. The molecule has 4 atom stereocenters. The number of anilines is 2. The van der Waals surface area contributed by atoms with Crippen LogP contribution in [0.4, 0.5) is 11.4 Å². The SMILES string of the molecule is CCCc1ccc(C(=O)C2C(C(=O)c3ccc(Br)cc3)C3(C(=O)Nc4ccccc43)C3C=Cc4ccccc4N23)cc1. The van der Waals surface area contributed by atoms with E-state index in [-0.39, 0.29) is 17.5 Å². The van der Waals surface area contributed by atoms with Gasteiger partial charge in [0.05, 0.1) is 12.0 Å². The zero-order valence-electron chi connectivity index (χ0n) is 23.1. The van der Waals surface area contributed by atoms with E-state index in [0.29, 0.717) is 16.8 Å². The fourth-order valence-corrected chi connectivity index (χ4v) is 7.47. The molecule has 0 aliphatic carbocycles. The van der Waals surface area contributed by atoms with Gasteiger partial charge in [0.15, 0.2) is 11.6 Å². The van der Waals surface area contributed by atoms with Gasteiger partial charge >= 0.3 is 0 Å². The van der Waals surface area contributed by atoms with E-state index in [2.05, 4.69) is 28.2 Å².